The minimum atomic E-state index is -0.385. The number of hydrogen-bond donors (Lipinski definition) is 1. The van der Waals surface area contributed by atoms with Crippen LogP contribution in [-0.2, 0) is 6.67 Å². The molecule has 0 saturated carbocycles. The summed E-state index contributed by atoms with van der Waals surface area (Å²) in [6.07, 6.45) is 0. The Morgan fingerprint density at radius 2 is 1.90 bits per heavy atom. The molecule has 1 N–H and O–H groups in total. The highest BCUT2D eigenvalue weighted by Crippen LogP contribution is 2.08. The molecule has 0 unspecified atom stereocenters. The van der Waals surface area contributed by atoms with E-state index in [4.69, 9.17) is 0 Å². The number of rotatable bonds is 2. The monoisotopic (exact) mass is 139 g/mol. The first-order chi connectivity index (χ1) is 4.86. The fraction of sp³-hybridized carbons (Fsp3) is 0.250. The number of anilines is 1. The minimum Gasteiger partial charge on any atom is -0.388 e. The van der Waals surface area contributed by atoms with Crippen molar-refractivity contribution in [1.29, 1.82) is 0 Å². The highest BCUT2D eigenvalue weighted by molar-refractivity contribution is 5.43. The molecule has 2 heteroatoms. The Morgan fingerprint density at radius 1 is 1.30 bits per heavy atom. The molecule has 1 nitrogen and oxygen atoms in total. The van der Waals surface area contributed by atoms with Gasteiger partial charge in [0.25, 0.3) is 0 Å². The predicted molar refractivity (Wildman–Crippen MR) is 40.8 cm³/mol. The van der Waals surface area contributed by atoms with E-state index in [9.17, 15) is 4.39 Å². The third-order valence-corrected chi connectivity index (χ3v) is 1.40. The van der Waals surface area contributed by atoms with Crippen LogP contribution in [0.5, 0.6) is 0 Å². The molecule has 0 aliphatic rings. The van der Waals surface area contributed by atoms with Crippen molar-refractivity contribution in [3.8, 4) is 0 Å². The van der Waals surface area contributed by atoms with E-state index in [1.54, 1.807) is 12.1 Å². The highest BCUT2D eigenvalue weighted by Gasteiger charge is 1.89. The molecule has 0 amide bonds. The van der Waals surface area contributed by atoms with Gasteiger partial charge in [-0.2, -0.15) is 0 Å². The van der Waals surface area contributed by atoms with Gasteiger partial charge in [-0.15, -0.1) is 0 Å². The second-order valence-corrected chi connectivity index (χ2v) is 2.08. The highest BCUT2D eigenvalue weighted by atomic mass is 19.1. The lowest BCUT2D eigenvalue weighted by atomic mass is 10.2. The largest absolute Gasteiger partial charge is 0.388 e. The number of nitrogens with one attached hydrogen (secondary N) is 1. The van der Waals surface area contributed by atoms with Crippen LogP contribution in [-0.4, -0.2) is 7.05 Å². The van der Waals surface area contributed by atoms with Crippen molar-refractivity contribution in [2.45, 2.75) is 6.67 Å². The minimum absolute atomic E-state index is 0.385. The van der Waals surface area contributed by atoms with Crippen LogP contribution < -0.4 is 5.32 Å². The lowest BCUT2D eigenvalue weighted by Gasteiger charge is -1.98. The maximum Gasteiger partial charge on any atom is 0.115 e. The average molecular weight is 139 g/mol. The van der Waals surface area contributed by atoms with Gasteiger partial charge in [0.2, 0.25) is 0 Å². The standard InChI is InChI=1S/C8H10FN/c1-10-8-4-2-7(6-9)3-5-8/h2-5,10H,6H2,1H3. The van der Waals surface area contributed by atoms with Crippen molar-refractivity contribution in [3.05, 3.63) is 29.8 Å². The van der Waals surface area contributed by atoms with Crippen LogP contribution in [0.3, 0.4) is 0 Å². The van der Waals surface area contributed by atoms with Crippen LogP contribution in [0.2, 0.25) is 0 Å². The van der Waals surface area contributed by atoms with Gasteiger partial charge < -0.3 is 5.32 Å². The van der Waals surface area contributed by atoms with Crippen molar-refractivity contribution in [2.75, 3.05) is 12.4 Å². The average Bonchev–Trinajstić information content (AvgIpc) is 2.05. The molecule has 10 heavy (non-hydrogen) atoms. The van der Waals surface area contributed by atoms with Crippen LogP contribution in [0.1, 0.15) is 5.56 Å². The molecule has 0 bridgehead atoms. The van der Waals surface area contributed by atoms with Crippen LogP contribution in [0.25, 0.3) is 0 Å². The predicted octanol–water partition coefficient (Wildman–Crippen LogP) is 2.20. The van der Waals surface area contributed by atoms with E-state index >= 15 is 0 Å². The summed E-state index contributed by atoms with van der Waals surface area (Å²) in [6.45, 7) is -0.385. The molecule has 0 aliphatic heterocycles. The van der Waals surface area contributed by atoms with Gasteiger partial charge in [-0.3, -0.25) is 0 Å². The zero-order chi connectivity index (χ0) is 7.40. The molecule has 0 spiro atoms. The summed E-state index contributed by atoms with van der Waals surface area (Å²) in [7, 11) is 1.84. The summed E-state index contributed by atoms with van der Waals surface area (Å²) in [5, 5.41) is 2.96. The molecule has 0 aliphatic carbocycles. The third kappa shape index (κ3) is 1.47. The van der Waals surface area contributed by atoms with Crippen molar-refractivity contribution in [3.63, 3.8) is 0 Å². The van der Waals surface area contributed by atoms with Crippen LogP contribution in [0, 0.1) is 0 Å². The number of benzene rings is 1. The fourth-order valence-corrected chi connectivity index (χ4v) is 0.760. The van der Waals surface area contributed by atoms with Crippen molar-refractivity contribution in [2.24, 2.45) is 0 Å². The van der Waals surface area contributed by atoms with E-state index in [-0.39, 0.29) is 6.67 Å². The second-order valence-electron chi connectivity index (χ2n) is 2.08. The number of hydrogen-bond acceptors (Lipinski definition) is 1. The van der Waals surface area contributed by atoms with E-state index in [1.165, 1.54) is 0 Å². The fourth-order valence-electron chi connectivity index (χ4n) is 0.760. The summed E-state index contributed by atoms with van der Waals surface area (Å²) in [5.74, 6) is 0. The quantitative estimate of drug-likeness (QED) is 0.662. The van der Waals surface area contributed by atoms with E-state index in [2.05, 4.69) is 5.32 Å². The Labute approximate surface area is 59.9 Å². The first kappa shape index (κ1) is 7.06. The Hall–Kier alpha value is -1.05. The molecule has 1 aromatic rings. The first-order valence-corrected chi connectivity index (χ1v) is 3.19. The molecule has 0 heterocycles. The van der Waals surface area contributed by atoms with Crippen LogP contribution in [0.4, 0.5) is 10.1 Å². The van der Waals surface area contributed by atoms with Gasteiger partial charge in [0, 0.05) is 12.7 Å². The van der Waals surface area contributed by atoms with Gasteiger partial charge in [-0.1, -0.05) is 12.1 Å². The van der Waals surface area contributed by atoms with Gasteiger partial charge in [-0.25, -0.2) is 4.39 Å². The smallest absolute Gasteiger partial charge is 0.115 e. The Bertz CT molecular complexity index is 170. The Balaban J connectivity index is 2.80. The van der Waals surface area contributed by atoms with E-state index in [1.807, 2.05) is 19.2 Å². The van der Waals surface area contributed by atoms with Crippen LogP contribution in [0.15, 0.2) is 24.3 Å². The summed E-state index contributed by atoms with van der Waals surface area (Å²) >= 11 is 0. The topological polar surface area (TPSA) is 12.0 Å². The third-order valence-electron chi connectivity index (χ3n) is 1.40. The second kappa shape index (κ2) is 3.20. The molecule has 54 valence electrons. The number of alkyl halides is 1. The lowest BCUT2D eigenvalue weighted by molar-refractivity contribution is 0.485. The summed E-state index contributed by atoms with van der Waals surface area (Å²) in [4.78, 5) is 0. The molecule has 0 radical (unpaired) electrons. The summed E-state index contributed by atoms with van der Waals surface area (Å²) in [6, 6.07) is 7.25. The SMILES string of the molecule is CNc1ccc(CF)cc1. The van der Waals surface area contributed by atoms with Gasteiger partial charge in [0.15, 0.2) is 0 Å². The molecule has 0 atom stereocenters. The van der Waals surface area contributed by atoms with E-state index in [0.717, 1.165) is 11.3 Å². The first-order valence-electron chi connectivity index (χ1n) is 3.19. The molecule has 0 fully saturated rings. The number of halogens is 1. The molecule has 0 saturated heterocycles. The molecule has 0 aromatic heterocycles. The van der Waals surface area contributed by atoms with Crippen LogP contribution >= 0.6 is 0 Å². The van der Waals surface area contributed by atoms with Crippen molar-refractivity contribution < 1.29 is 4.39 Å². The zero-order valence-electron chi connectivity index (χ0n) is 5.89. The summed E-state index contributed by atoms with van der Waals surface area (Å²) in [5.41, 5.74) is 1.73. The molecule has 1 aromatic carbocycles. The Kier molecular flexibility index (Phi) is 2.26. The Morgan fingerprint density at radius 3 is 2.30 bits per heavy atom. The maximum absolute atomic E-state index is 11.9. The maximum atomic E-state index is 11.9. The lowest BCUT2D eigenvalue weighted by Crippen LogP contribution is -1.87. The molecular weight excluding hydrogens is 129 g/mol. The van der Waals surface area contributed by atoms with Gasteiger partial charge in [0.1, 0.15) is 6.67 Å². The summed E-state index contributed by atoms with van der Waals surface area (Å²) < 4.78 is 11.9. The molecular formula is C8H10FN. The van der Waals surface area contributed by atoms with Gasteiger partial charge in [0.05, 0.1) is 0 Å². The van der Waals surface area contributed by atoms with Gasteiger partial charge >= 0.3 is 0 Å². The normalized spacial score (nSPS) is 9.40. The van der Waals surface area contributed by atoms with E-state index < -0.39 is 0 Å². The van der Waals surface area contributed by atoms with Crippen molar-refractivity contribution in [1.82, 2.24) is 0 Å². The molecule has 1 rings (SSSR count). The van der Waals surface area contributed by atoms with Crippen molar-refractivity contribution >= 4 is 5.69 Å². The van der Waals surface area contributed by atoms with E-state index in [0.29, 0.717) is 0 Å². The van der Waals surface area contributed by atoms with Gasteiger partial charge in [-0.05, 0) is 17.7 Å². The zero-order valence-corrected chi connectivity index (χ0v) is 5.89.